The molecule has 0 bridgehead atoms. The molecule has 0 fully saturated rings. The van der Waals surface area contributed by atoms with E-state index in [0.29, 0.717) is 24.2 Å². The summed E-state index contributed by atoms with van der Waals surface area (Å²) in [5, 5.41) is 1.60. The normalized spacial score (nSPS) is 10.4. The summed E-state index contributed by atoms with van der Waals surface area (Å²) >= 11 is 0. The maximum Gasteiger partial charge on any atom is 0.338 e. The van der Waals surface area contributed by atoms with Gasteiger partial charge in [-0.1, -0.05) is 54.6 Å². The van der Waals surface area contributed by atoms with Crippen LogP contribution < -0.4 is 0 Å². The molecule has 113 valence electrons. The van der Waals surface area contributed by atoms with Gasteiger partial charge in [-0.15, -0.1) is 0 Å². The molecule has 0 spiro atoms. The van der Waals surface area contributed by atoms with Crippen LogP contribution in [0.5, 0.6) is 0 Å². The molecule has 0 heterocycles. The predicted molar refractivity (Wildman–Crippen MR) is 89.2 cm³/mol. The molecule has 1 radical (unpaired) electrons. The highest BCUT2D eigenvalue weighted by molar-refractivity contribution is 6.01. The smallest absolute Gasteiger partial charge is 0.338 e. The number of benzene rings is 3. The summed E-state index contributed by atoms with van der Waals surface area (Å²) in [7, 11) is 0. The maximum absolute atomic E-state index is 12.1. The quantitative estimate of drug-likeness (QED) is 0.675. The molecule has 3 nitrogen and oxygen atoms in total. The highest BCUT2D eigenvalue weighted by Gasteiger charge is 2.09. The second-order valence-electron chi connectivity index (χ2n) is 5.22. The molecular weight excluding hydrogens is 288 g/mol. The Kier molecular flexibility index (Phi) is 4.48. The number of hydrogen-bond acceptors (Lipinski definition) is 3. The Morgan fingerprint density at radius 1 is 0.957 bits per heavy atom. The number of carbonyl (C=O) groups excluding carboxylic acids is 2. The molecule has 0 saturated heterocycles. The van der Waals surface area contributed by atoms with Gasteiger partial charge in [0.2, 0.25) is 6.29 Å². The van der Waals surface area contributed by atoms with Crippen LogP contribution in [0.25, 0.3) is 10.8 Å². The third kappa shape index (κ3) is 3.46. The van der Waals surface area contributed by atoms with Crippen molar-refractivity contribution in [1.82, 2.24) is 0 Å². The number of hydrogen-bond donors (Lipinski definition) is 0. The summed E-state index contributed by atoms with van der Waals surface area (Å²) in [5.74, 6) is -0.358. The van der Waals surface area contributed by atoms with Crippen molar-refractivity contribution in [2.75, 3.05) is 6.61 Å². The second-order valence-corrected chi connectivity index (χ2v) is 5.22. The highest BCUT2D eigenvalue weighted by Crippen LogP contribution is 2.19. The van der Waals surface area contributed by atoms with Crippen molar-refractivity contribution in [3.63, 3.8) is 0 Å². The molecule has 0 aliphatic heterocycles. The first-order valence-electron chi connectivity index (χ1n) is 7.40. The lowest BCUT2D eigenvalue weighted by molar-refractivity contribution is 0.0509. The van der Waals surface area contributed by atoms with Crippen molar-refractivity contribution in [3.8, 4) is 0 Å². The van der Waals surface area contributed by atoms with E-state index in [1.54, 1.807) is 30.3 Å². The number of ether oxygens (including phenoxy) is 1. The van der Waals surface area contributed by atoms with E-state index in [0.717, 1.165) is 16.3 Å². The fourth-order valence-electron chi connectivity index (χ4n) is 2.49. The van der Waals surface area contributed by atoms with E-state index in [2.05, 4.69) is 0 Å². The molecule has 3 aromatic carbocycles. The third-order valence-corrected chi connectivity index (χ3v) is 3.69. The molecule has 0 amide bonds. The Morgan fingerprint density at radius 2 is 1.78 bits per heavy atom. The zero-order valence-electron chi connectivity index (χ0n) is 12.5. The molecule has 23 heavy (non-hydrogen) atoms. The van der Waals surface area contributed by atoms with Crippen molar-refractivity contribution in [2.45, 2.75) is 6.42 Å². The van der Waals surface area contributed by atoms with Gasteiger partial charge in [-0.25, -0.2) is 4.79 Å². The van der Waals surface area contributed by atoms with Crippen molar-refractivity contribution < 1.29 is 14.3 Å². The van der Waals surface area contributed by atoms with E-state index in [4.69, 9.17) is 4.74 Å². The maximum atomic E-state index is 12.1. The number of carbonyl (C=O) groups is 1. The minimum absolute atomic E-state index is 0.336. The summed E-state index contributed by atoms with van der Waals surface area (Å²) in [6.07, 6.45) is 2.59. The second kappa shape index (κ2) is 6.88. The van der Waals surface area contributed by atoms with E-state index < -0.39 is 0 Å². The van der Waals surface area contributed by atoms with E-state index in [1.807, 2.05) is 42.7 Å². The van der Waals surface area contributed by atoms with Gasteiger partial charge in [0.15, 0.2) is 0 Å². The van der Waals surface area contributed by atoms with Gasteiger partial charge in [-0.3, -0.25) is 4.79 Å². The monoisotopic (exact) mass is 303 g/mol. The fourth-order valence-corrected chi connectivity index (χ4v) is 2.49. The van der Waals surface area contributed by atoms with Crippen LogP contribution in [0, 0.1) is 0 Å². The molecule has 0 aliphatic rings. The van der Waals surface area contributed by atoms with Crippen molar-refractivity contribution in [3.05, 3.63) is 83.4 Å². The minimum Gasteiger partial charge on any atom is -0.462 e. The van der Waals surface area contributed by atoms with E-state index in [-0.39, 0.29) is 5.97 Å². The molecule has 0 N–H and O–H groups in total. The lowest BCUT2D eigenvalue weighted by Gasteiger charge is -2.07. The van der Waals surface area contributed by atoms with Crippen LogP contribution in [-0.2, 0) is 16.0 Å². The number of fused-ring (bicyclic) bond motifs is 1. The lowest BCUT2D eigenvalue weighted by Crippen LogP contribution is -2.08. The Morgan fingerprint density at radius 3 is 2.57 bits per heavy atom. The summed E-state index contributed by atoms with van der Waals surface area (Å²) in [6.45, 7) is 0.336. The molecule has 3 aromatic rings. The van der Waals surface area contributed by atoms with E-state index in [1.165, 1.54) is 0 Å². The largest absolute Gasteiger partial charge is 0.462 e. The molecular formula is C20H15O3. The number of esters is 1. The van der Waals surface area contributed by atoms with Gasteiger partial charge in [0, 0.05) is 12.0 Å². The summed E-state index contributed by atoms with van der Waals surface area (Å²) in [5.41, 5.74) is 2.10. The Balaban J connectivity index is 1.70. The van der Waals surface area contributed by atoms with Gasteiger partial charge in [0.25, 0.3) is 0 Å². The van der Waals surface area contributed by atoms with Gasteiger partial charge >= 0.3 is 5.97 Å². The van der Waals surface area contributed by atoms with Gasteiger partial charge in [-0.2, -0.15) is 0 Å². The molecule has 0 aliphatic carbocycles. The first kappa shape index (κ1) is 15.0. The molecule has 0 saturated carbocycles. The van der Waals surface area contributed by atoms with Crippen molar-refractivity contribution >= 4 is 23.0 Å². The summed E-state index contributed by atoms with van der Waals surface area (Å²) in [6, 6.07) is 20.4. The summed E-state index contributed by atoms with van der Waals surface area (Å²) < 4.78 is 5.32. The van der Waals surface area contributed by atoms with Crippen LogP contribution in [0.1, 0.15) is 21.5 Å². The first-order valence-corrected chi connectivity index (χ1v) is 7.40. The van der Waals surface area contributed by atoms with Crippen LogP contribution in [-0.4, -0.2) is 18.9 Å². The van der Waals surface area contributed by atoms with Crippen LogP contribution in [0.3, 0.4) is 0 Å². The van der Waals surface area contributed by atoms with Crippen LogP contribution >= 0.6 is 0 Å². The van der Waals surface area contributed by atoms with Crippen molar-refractivity contribution in [1.29, 1.82) is 0 Å². The molecule has 3 rings (SSSR count). The standard InChI is InChI=1S/C20H15O3/c21-14-18-8-4-7-16-13-17(9-10-19(16)18)20(22)23-12-11-15-5-2-1-3-6-15/h1-10,13H,11-12H2. The molecule has 3 heteroatoms. The summed E-state index contributed by atoms with van der Waals surface area (Å²) in [4.78, 5) is 23.0. The Bertz CT molecular complexity index is 838. The van der Waals surface area contributed by atoms with E-state index in [9.17, 15) is 9.59 Å². The first-order chi connectivity index (χ1) is 11.3. The third-order valence-electron chi connectivity index (χ3n) is 3.69. The minimum atomic E-state index is -0.358. The van der Waals surface area contributed by atoms with Crippen molar-refractivity contribution in [2.24, 2.45) is 0 Å². The van der Waals surface area contributed by atoms with Gasteiger partial charge in [0.1, 0.15) is 0 Å². The van der Waals surface area contributed by atoms with Gasteiger partial charge in [0.05, 0.1) is 12.2 Å². The Hall–Kier alpha value is -2.94. The Labute approximate surface area is 134 Å². The highest BCUT2D eigenvalue weighted by atomic mass is 16.5. The predicted octanol–water partition coefficient (Wildman–Crippen LogP) is 3.70. The van der Waals surface area contributed by atoms with Gasteiger partial charge in [-0.05, 0) is 28.5 Å². The average molecular weight is 303 g/mol. The SMILES string of the molecule is O=[C]c1cccc2cc(C(=O)OCCc3ccccc3)ccc12. The molecule has 0 unspecified atom stereocenters. The van der Waals surface area contributed by atoms with Crippen LogP contribution in [0.4, 0.5) is 0 Å². The van der Waals surface area contributed by atoms with Crippen LogP contribution in [0.2, 0.25) is 0 Å². The lowest BCUT2D eigenvalue weighted by atomic mass is 10.0. The molecule has 0 atom stereocenters. The topological polar surface area (TPSA) is 43.4 Å². The van der Waals surface area contributed by atoms with Crippen LogP contribution in [0.15, 0.2) is 66.7 Å². The van der Waals surface area contributed by atoms with E-state index >= 15 is 0 Å². The fraction of sp³-hybridized carbons (Fsp3) is 0.100. The zero-order valence-corrected chi connectivity index (χ0v) is 12.5. The average Bonchev–Trinajstić information content (AvgIpc) is 2.61. The van der Waals surface area contributed by atoms with Gasteiger partial charge < -0.3 is 4.74 Å². The zero-order chi connectivity index (χ0) is 16.1. The molecule has 0 aromatic heterocycles. The number of rotatable bonds is 5.